The van der Waals surface area contributed by atoms with E-state index < -0.39 is 9.78 Å². The molecule has 6 radical (unpaired) electrons. The lowest BCUT2D eigenvalue weighted by molar-refractivity contribution is -0.116. The maximum Gasteiger partial charge on any atom is 0.186 e. The summed E-state index contributed by atoms with van der Waals surface area (Å²) in [6.07, 6.45) is -0.0355. The van der Waals surface area contributed by atoms with E-state index in [1.807, 2.05) is 0 Å². The zero-order chi connectivity index (χ0) is 8.36. The Labute approximate surface area is 76.8 Å². The molecular weight excluding hydrogens is 200 g/mol. The molecule has 0 bridgehead atoms. The highest BCUT2D eigenvalue weighted by Gasteiger charge is 2.26. The molecular formula is C4H4O2S2Si2. The molecule has 0 N–H and O–H groups in total. The summed E-state index contributed by atoms with van der Waals surface area (Å²) in [7, 11) is 6.03. The van der Waals surface area contributed by atoms with Gasteiger partial charge in [-0.1, -0.05) is 0 Å². The molecule has 0 aliphatic carbocycles. The fourth-order valence-corrected chi connectivity index (χ4v) is 1.24. The molecule has 0 rings (SSSR count). The third kappa shape index (κ3) is 3.60. The second kappa shape index (κ2) is 3.75. The molecule has 0 aliphatic rings. The highest BCUT2D eigenvalue weighted by molar-refractivity contribution is 7.97. The van der Waals surface area contributed by atoms with Crippen LogP contribution in [0.1, 0.15) is 6.42 Å². The highest BCUT2D eigenvalue weighted by Crippen LogP contribution is 2.24. The molecule has 0 heterocycles. The fourth-order valence-electron chi connectivity index (χ4n) is 0.302. The van der Waals surface area contributed by atoms with Gasteiger partial charge in [0.1, 0.15) is 0 Å². The maximum absolute atomic E-state index is 10.6. The van der Waals surface area contributed by atoms with Crippen LogP contribution in [0.3, 0.4) is 0 Å². The average molecular weight is 204 g/mol. The van der Waals surface area contributed by atoms with Crippen LogP contribution in [0.15, 0.2) is 0 Å². The number of hydrogen-bond acceptors (Lipinski definition) is 2. The molecule has 0 aromatic heterocycles. The third-order valence-corrected chi connectivity index (χ3v) is 2.55. The van der Waals surface area contributed by atoms with Crippen LogP contribution < -0.4 is 0 Å². The van der Waals surface area contributed by atoms with E-state index in [2.05, 4.69) is 45.7 Å². The van der Waals surface area contributed by atoms with Crippen molar-refractivity contribution in [2.24, 2.45) is 0 Å². The lowest BCUT2D eigenvalue weighted by Gasteiger charge is -2.16. The first kappa shape index (κ1) is 10.5. The normalized spacial score (nSPS) is 11.2. The molecule has 0 atom stereocenters. The second-order valence-corrected chi connectivity index (χ2v) is 4.89. The Bertz CT molecular complexity index is 169. The van der Waals surface area contributed by atoms with E-state index in [0.29, 0.717) is 0 Å². The Kier molecular flexibility index (Phi) is 3.92. The third-order valence-electron chi connectivity index (χ3n) is 0.781. The SMILES string of the molecule is O=C(S)CC([Si])([Si])C(=O)S. The summed E-state index contributed by atoms with van der Waals surface area (Å²) >= 11 is 7.03. The van der Waals surface area contributed by atoms with Gasteiger partial charge in [0.25, 0.3) is 0 Å². The van der Waals surface area contributed by atoms with Crippen LogP contribution in [0, 0.1) is 0 Å². The summed E-state index contributed by atoms with van der Waals surface area (Å²) in [6.45, 7) is 0. The molecule has 52 valence electrons. The molecule has 2 nitrogen and oxygen atoms in total. The molecule has 6 heteroatoms. The summed E-state index contributed by atoms with van der Waals surface area (Å²) < 4.78 is -1.07. The average Bonchev–Trinajstić information content (AvgIpc) is 1.60. The van der Waals surface area contributed by atoms with E-state index in [1.165, 1.54) is 0 Å². The molecule has 0 aromatic rings. The van der Waals surface area contributed by atoms with Gasteiger partial charge in [0.05, 0.1) is 0 Å². The van der Waals surface area contributed by atoms with Crippen LogP contribution in [0.5, 0.6) is 0 Å². The van der Waals surface area contributed by atoms with Gasteiger partial charge in [0, 0.05) is 31.6 Å². The Morgan fingerprint density at radius 1 is 1.30 bits per heavy atom. The number of thiol groups is 2. The van der Waals surface area contributed by atoms with E-state index >= 15 is 0 Å². The highest BCUT2D eigenvalue weighted by atomic mass is 32.1. The molecule has 0 aromatic carbocycles. The number of hydrogen-bond donors (Lipinski definition) is 2. The van der Waals surface area contributed by atoms with Crippen LogP contribution in [-0.2, 0) is 9.59 Å². The molecule has 0 aliphatic heterocycles. The van der Waals surface area contributed by atoms with Gasteiger partial charge in [-0.2, -0.15) is 0 Å². The van der Waals surface area contributed by atoms with Crippen molar-refractivity contribution in [1.82, 2.24) is 0 Å². The van der Waals surface area contributed by atoms with Crippen molar-refractivity contribution in [3.63, 3.8) is 0 Å². The molecule has 0 unspecified atom stereocenters. The van der Waals surface area contributed by atoms with E-state index in [4.69, 9.17) is 0 Å². The summed E-state index contributed by atoms with van der Waals surface area (Å²) in [5.74, 6) is 0. The zero-order valence-electron chi connectivity index (χ0n) is 4.92. The molecule has 0 fully saturated rings. The van der Waals surface area contributed by atoms with Crippen LogP contribution in [0.4, 0.5) is 0 Å². The Balaban J connectivity index is 4.13. The first-order valence-electron chi connectivity index (χ1n) is 2.31. The minimum atomic E-state index is -1.07. The molecule has 10 heavy (non-hydrogen) atoms. The summed E-state index contributed by atoms with van der Waals surface area (Å²) in [5.41, 5.74) is 0. The van der Waals surface area contributed by atoms with Crippen molar-refractivity contribution in [2.45, 2.75) is 11.1 Å². The minimum Gasteiger partial charge on any atom is -0.288 e. The van der Waals surface area contributed by atoms with Crippen molar-refractivity contribution >= 4 is 56.0 Å². The van der Waals surface area contributed by atoms with Gasteiger partial charge in [-0.15, -0.1) is 25.3 Å². The lowest BCUT2D eigenvalue weighted by Crippen LogP contribution is -2.22. The van der Waals surface area contributed by atoms with Gasteiger partial charge in [0.15, 0.2) is 10.2 Å². The minimum absolute atomic E-state index is 0.0355. The van der Waals surface area contributed by atoms with E-state index in [0.717, 1.165) is 0 Å². The van der Waals surface area contributed by atoms with Gasteiger partial charge in [-0.05, 0) is 0 Å². The zero-order valence-corrected chi connectivity index (χ0v) is 8.71. The van der Waals surface area contributed by atoms with Crippen molar-refractivity contribution in [3.8, 4) is 0 Å². The predicted molar refractivity (Wildman–Crippen MR) is 46.8 cm³/mol. The van der Waals surface area contributed by atoms with Crippen molar-refractivity contribution in [2.75, 3.05) is 0 Å². The molecule has 0 amide bonds. The van der Waals surface area contributed by atoms with Gasteiger partial charge in [-0.3, -0.25) is 9.59 Å². The number of carbonyl (C=O) groups excluding carboxylic acids is 2. The standard InChI is InChI=1S/C4H4O2S2Si2/c5-2(7)1-4(9,10)3(6)8/h1H2,(H,5,7)(H,6,8). The summed E-state index contributed by atoms with van der Waals surface area (Å²) in [4.78, 5) is 21.0. The van der Waals surface area contributed by atoms with Crippen LogP contribution >= 0.6 is 25.3 Å². The predicted octanol–water partition coefficient (Wildman–Crippen LogP) is -0.258. The molecule has 0 saturated heterocycles. The first-order chi connectivity index (χ1) is 4.36. The maximum atomic E-state index is 10.6. The Morgan fingerprint density at radius 2 is 1.70 bits per heavy atom. The lowest BCUT2D eigenvalue weighted by atomic mass is 10.3. The van der Waals surface area contributed by atoms with Gasteiger partial charge >= 0.3 is 0 Å². The molecule has 0 saturated carbocycles. The van der Waals surface area contributed by atoms with E-state index in [-0.39, 0.29) is 11.5 Å². The fraction of sp³-hybridized carbons (Fsp3) is 0.500. The Hall–Kier alpha value is 0.474. The van der Waals surface area contributed by atoms with Gasteiger partial charge in [0.2, 0.25) is 0 Å². The first-order valence-corrected chi connectivity index (χ1v) is 4.21. The largest absolute Gasteiger partial charge is 0.288 e. The van der Waals surface area contributed by atoms with Gasteiger partial charge < -0.3 is 0 Å². The van der Waals surface area contributed by atoms with Crippen molar-refractivity contribution < 1.29 is 9.59 Å². The Morgan fingerprint density at radius 3 is 1.80 bits per heavy atom. The monoisotopic (exact) mass is 204 g/mol. The molecule has 0 spiro atoms. The summed E-state index contributed by atoms with van der Waals surface area (Å²) in [5, 5.41) is -0.837. The van der Waals surface area contributed by atoms with Crippen LogP contribution in [0.2, 0.25) is 4.66 Å². The van der Waals surface area contributed by atoms with Crippen LogP contribution in [0.25, 0.3) is 0 Å². The topological polar surface area (TPSA) is 34.1 Å². The van der Waals surface area contributed by atoms with Crippen LogP contribution in [-0.4, -0.2) is 30.7 Å². The number of carbonyl (C=O) groups is 2. The quantitative estimate of drug-likeness (QED) is 0.491. The van der Waals surface area contributed by atoms with Crippen molar-refractivity contribution in [1.29, 1.82) is 0 Å². The van der Waals surface area contributed by atoms with Gasteiger partial charge in [-0.25, -0.2) is 0 Å². The van der Waals surface area contributed by atoms with E-state index in [1.54, 1.807) is 0 Å². The smallest absolute Gasteiger partial charge is 0.186 e. The second-order valence-electron chi connectivity index (χ2n) is 1.78. The summed E-state index contributed by atoms with van der Waals surface area (Å²) in [6, 6.07) is 0. The number of rotatable bonds is 3. The van der Waals surface area contributed by atoms with Crippen molar-refractivity contribution in [3.05, 3.63) is 0 Å². The van der Waals surface area contributed by atoms with E-state index in [9.17, 15) is 9.59 Å².